The highest BCUT2D eigenvalue weighted by Crippen LogP contribution is 2.22. The van der Waals surface area contributed by atoms with Gasteiger partial charge in [-0.15, -0.1) is 0 Å². The number of carbonyl (C=O) groups is 1. The number of anilines is 1. The maximum Gasteiger partial charge on any atom is 0.255 e. The summed E-state index contributed by atoms with van der Waals surface area (Å²) in [7, 11) is 0. The van der Waals surface area contributed by atoms with Gasteiger partial charge in [0.05, 0.1) is 22.6 Å². The van der Waals surface area contributed by atoms with Crippen molar-refractivity contribution in [2.75, 3.05) is 18.0 Å². The number of hydrogen-bond acceptors (Lipinski definition) is 4. The van der Waals surface area contributed by atoms with Crippen LogP contribution in [0, 0.1) is 25.6 Å². The Bertz CT molecular complexity index is 1050. The zero-order chi connectivity index (χ0) is 22.0. The van der Waals surface area contributed by atoms with Gasteiger partial charge in [0.25, 0.3) is 5.91 Å². The molecule has 0 saturated carbocycles. The Hall–Kier alpha value is -3.22. The van der Waals surface area contributed by atoms with Crippen LogP contribution in [0.5, 0.6) is 0 Å². The number of piperidine rings is 1. The highest BCUT2D eigenvalue weighted by Gasteiger charge is 2.20. The third-order valence-corrected chi connectivity index (χ3v) is 5.96. The maximum atomic E-state index is 13.2. The predicted molar refractivity (Wildman–Crippen MR) is 119 cm³/mol. The van der Waals surface area contributed by atoms with Crippen LogP contribution in [0.25, 0.3) is 5.69 Å². The van der Waals surface area contributed by atoms with E-state index in [2.05, 4.69) is 27.2 Å². The molecular weight excluding hydrogens is 393 g/mol. The molecule has 4 rings (SSSR count). The Labute approximate surface area is 182 Å². The molecule has 1 fully saturated rings. The van der Waals surface area contributed by atoms with Gasteiger partial charge in [-0.05, 0) is 68.5 Å². The molecule has 1 N–H and O–H groups in total. The zero-order valence-corrected chi connectivity index (χ0v) is 18.2. The van der Waals surface area contributed by atoms with Crippen molar-refractivity contribution in [3.05, 3.63) is 70.9 Å². The Morgan fingerprint density at radius 2 is 1.84 bits per heavy atom. The molecule has 6 nitrogen and oxygen atoms in total. The summed E-state index contributed by atoms with van der Waals surface area (Å²) in [6, 6.07) is 10.1. The molecular formula is C24H28FN5O. The van der Waals surface area contributed by atoms with Crippen molar-refractivity contribution >= 4 is 11.7 Å². The minimum absolute atomic E-state index is 0.183. The molecule has 162 valence electrons. The number of aryl methyl sites for hydroxylation is 1. The second-order valence-corrected chi connectivity index (χ2v) is 8.31. The van der Waals surface area contributed by atoms with Crippen LogP contribution < -0.4 is 10.2 Å². The molecule has 0 aliphatic carbocycles. The molecule has 1 saturated heterocycles. The average Bonchev–Trinajstić information content (AvgIpc) is 3.07. The molecule has 0 unspecified atom stereocenters. The van der Waals surface area contributed by atoms with Crippen LogP contribution in [-0.2, 0) is 6.54 Å². The van der Waals surface area contributed by atoms with Crippen molar-refractivity contribution in [2.24, 2.45) is 5.92 Å². The fourth-order valence-electron chi connectivity index (χ4n) is 4.02. The summed E-state index contributed by atoms with van der Waals surface area (Å²) in [5.74, 6) is 1.29. The number of hydrogen-bond donors (Lipinski definition) is 1. The third kappa shape index (κ3) is 4.60. The van der Waals surface area contributed by atoms with Gasteiger partial charge in [0.1, 0.15) is 11.6 Å². The summed E-state index contributed by atoms with van der Waals surface area (Å²) in [5.41, 5.74) is 3.55. The van der Waals surface area contributed by atoms with Crippen molar-refractivity contribution in [3.8, 4) is 5.69 Å². The van der Waals surface area contributed by atoms with E-state index in [-0.39, 0.29) is 11.7 Å². The van der Waals surface area contributed by atoms with Gasteiger partial charge in [0.15, 0.2) is 0 Å². The number of rotatable bonds is 5. The molecule has 1 aromatic carbocycles. The van der Waals surface area contributed by atoms with E-state index >= 15 is 0 Å². The summed E-state index contributed by atoms with van der Waals surface area (Å²) in [6.07, 6.45) is 4.23. The zero-order valence-electron chi connectivity index (χ0n) is 18.2. The normalized spacial score (nSPS) is 14.6. The Kier molecular flexibility index (Phi) is 6.02. The average molecular weight is 422 g/mol. The lowest BCUT2D eigenvalue weighted by Crippen LogP contribution is -2.33. The van der Waals surface area contributed by atoms with Gasteiger partial charge in [-0.2, -0.15) is 5.10 Å². The van der Waals surface area contributed by atoms with E-state index in [1.54, 1.807) is 23.7 Å². The van der Waals surface area contributed by atoms with Gasteiger partial charge in [-0.25, -0.2) is 14.1 Å². The first kappa shape index (κ1) is 21.0. The van der Waals surface area contributed by atoms with Crippen molar-refractivity contribution in [1.82, 2.24) is 20.1 Å². The molecule has 0 radical (unpaired) electrons. The van der Waals surface area contributed by atoms with E-state index in [1.165, 1.54) is 25.0 Å². The lowest BCUT2D eigenvalue weighted by atomic mass is 9.99. The van der Waals surface area contributed by atoms with E-state index in [1.807, 2.05) is 25.3 Å². The van der Waals surface area contributed by atoms with Crippen LogP contribution >= 0.6 is 0 Å². The largest absolute Gasteiger partial charge is 0.357 e. The van der Waals surface area contributed by atoms with Gasteiger partial charge >= 0.3 is 0 Å². The predicted octanol–water partition coefficient (Wildman–Crippen LogP) is 4.19. The summed E-state index contributed by atoms with van der Waals surface area (Å²) in [5, 5.41) is 7.44. The molecule has 0 spiro atoms. The summed E-state index contributed by atoms with van der Waals surface area (Å²) in [4.78, 5) is 19.8. The number of aromatic nitrogens is 3. The van der Waals surface area contributed by atoms with Crippen molar-refractivity contribution < 1.29 is 9.18 Å². The number of amides is 1. The first-order valence-corrected chi connectivity index (χ1v) is 10.7. The molecule has 0 bridgehead atoms. The molecule has 3 heterocycles. The molecule has 7 heteroatoms. The number of carbonyl (C=O) groups excluding carboxylic acids is 1. The highest BCUT2D eigenvalue weighted by molar-refractivity contribution is 5.96. The minimum Gasteiger partial charge on any atom is -0.357 e. The first-order valence-electron chi connectivity index (χ1n) is 10.7. The van der Waals surface area contributed by atoms with Gasteiger partial charge in [0.2, 0.25) is 0 Å². The third-order valence-electron chi connectivity index (χ3n) is 5.96. The first-order chi connectivity index (χ1) is 14.9. The molecule has 1 aliphatic rings. The van der Waals surface area contributed by atoms with Crippen LogP contribution in [0.4, 0.5) is 10.2 Å². The Morgan fingerprint density at radius 1 is 1.13 bits per heavy atom. The molecule has 1 aliphatic heterocycles. The van der Waals surface area contributed by atoms with E-state index in [9.17, 15) is 9.18 Å². The van der Waals surface area contributed by atoms with Crippen LogP contribution in [0.2, 0.25) is 0 Å². The summed E-state index contributed by atoms with van der Waals surface area (Å²) < 4.78 is 14.9. The van der Waals surface area contributed by atoms with Crippen LogP contribution in [-0.4, -0.2) is 33.8 Å². The SMILES string of the molecule is Cc1nn(-c2ccc(F)cc2)c(C)c1C(=O)NCc1ccc(N2CCC(C)CC2)nc1. The van der Waals surface area contributed by atoms with E-state index in [0.29, 0.717) is 23.5 Å². The van der Waals surface area contributed by atoms with Gasteiger partial charge in [-0.1, -0.05) is 13.0 Å². The molecule has 2 aromatic heterocycles. The van der Waals surface area contributed by atoms with Crippen LogP contribution in [0.1, 0.15) is 47.1 Å². The quantitative estimate of drug-likeness (QED) is 0.671. The highest BCUT2D eigenvalue weighted by atomic mass is 19.1. The number of nitrogens with one attached hydrogen (secondary N) is 1. The second-order valence-electron chi connectivity index (χ2n) is 8.31. The van der Waals surface area contributed by atoms with Gasteiger partial charge in [-0.3, -0.25) is 4.79 Å². The van der Waals surface area contributed by atoms with Crippen molar-refractivity contribution in [3.63, 3.8) is 0 Å². The van der Waals surface area contributed by atoms with Crippen molar-refractivity contribution in [2.45, 2.75) is 40.2 Å². The Balaban J connectivity index is 1.41. The topological polar surface area (TPSA) is 63.1 Å². The number of nitrogens with zero attached hydrogens (tertiary/aromatic N) is 4. The standard InChI is InChI=1S/C24H28FN5O/c1-16-10-12-29(13-11-16)22-9-4-19(14-26-22)15-27-24(31)23-17(2)28-30(18(23)3)21-7-5-20(25)6-8-21/h4-9,14,16H,10-13,15H2,1-3H3,(H,27,31). The smallest absolute Gasteiger partial charge is 0.255 e. The fourth-order valence-corrected chi connectivity index (χ4v) is 4.02. The molecule has 3 aromatic rings. The summed E-state index contributed by atoms with van der Waals surface area (Å²) in [6.45, 7) is 8.42. The molecule has 31 heavy (non-hydrogen) atoms. The molecule has 1 amide bonds. The fraction of sp³-hybridized carbons (Fsp3) is 0.375. The Morgan fingerprint density at radius 3 is 2.48 bits per heavy atom. The van der Waals surface area contributed by atoms with Gasteiger partial charge < -0.3 is 10.2 Å². The van der Waals surface area contributed by atoms with E-state index in [0.717, 1.165) is 36.1 Å². The monoisotopic (exact) mass is 421 g/mol. The van der Waals surface area contributed by atoms with Gasteiger partial charge in [0, 0.05) is 25.8 Å². The van der Waals surface area contributed by atoms with E-state index in [4.69, 9.17) is 0 Å². The number of halogens is 1. The van der Waals surface area contributed by atoms with Crippen molar-refractivity contribution in [1.29, 1.82) is 0 Å². The lowest BCUT2D eigenvalue weighted by Gasteiger charge is -2.31. The van der Waals surface area contributed by atoms with Crippen LogP contribution in [0.3, 0.4) is 0 Å². The molecule has 0 atom stereocenters. The number of benzene rings is 1. The van der Waals surface area contributed by atoms with Crippen LogP contribution in [0.15, 0.2) is 42.6 Å². The number of pyridine rings is 1. The minimum atomic E-state index is -0.308. The van der Waals surface area contributed by atoms with E-state index < -0.39 is 0 Å². The lowest BCUT2D eigenvalue weighted by molar-refractivity contribution is 0.0949. The maximum absolute atomic E-state index is 13.2. The summed E-state index contributed by atoms with van der Waals surface area (Å²) >= 11 is 0. The second kappa shape index (κ2) is 8.88.